The molecule has 0 aromatic heterocycles. The van der Waals surface area contributed by atoms with Crippen LogP contribution in [0.1, 0.15) is 59.3 Å². The number of piperidine rings is 1. The molecule has 1 aliphatic carbocycles. The van der Waals surface area contributed by atoms with E-state index in [2.05, 4.69) is 24.1 Å². The topological polar surface area (TPSA) is 41.6 Å². The first-order valence-electron chi connectivity index (χ1n) is 8.30. The van der Waals surface area contributed by atoms with Gasteiger partial charge in [0.15, 0.2) is 0 Å². The van der Waals surface area contributed by atoms with Crippen LogP contribution >= 0.6 is 0 Å². The second kappa shape index (κ2) is 7.41. The second-order valence-electron chi connectivity index (χ2n) is 6.40. The van der Waals surface area contributed by atoms with Gasteiger partial charge in [0.25, 0.3) is 0 Å². The molecule has 0 amide bonds. The molecule has 1 N–H and O–H groups in total. The van der Waals surface area contributed by atoms with E-state index in [1.807, 2.05) is 6.92 Å². The van der Waals surface area contributed by atoms with E-state index in [0.717, 1.165) is 13.0 Å². The molecule has 0 radical (unpaired) electrons. The van der Waals surface area contributed by atoms with Gasteiger partial charge in [-0.3, -0.25) is 9.69 Å². The number of hydrogen-bond donors (Lipinski definition) is 1. The minimum Gasteiger partial charge on any atom is -0.465 e. The third kappa shape index (κ3) is 4.45. The van der Waals surface area contributed by atoms with Crippen molar-refractivity contribution in [2.75, 3.05) is 13.2 Å². The predicted molar refractivity (Wildman–Crippen MR) is 80.7 cm³/mol. The Kier molecular flexibility index (Phi) is 5.85. The number of hydrogen-bond acceptors (Lipinski definition) is 4. The average molecular weight is 282 g/mol. The first-order chi connectivity index (χ1) is 9.61. The standard InChI is InChI=1S/C16H30N2O2/c1-4-20-16(19)15(17-14-8-9-14)10-11-18-12(2)6-5-7-13(18)3/h12-15,17H,4-11H2,1-3H3/t12-,13+,15?. The van der Waals surface area contributed by atoms with Crippen LogP contribution in [0.2, 0.25) is 0 Å². The van der Waals surface area contributed by atoms with E-state index in [4.69, 9.17) is 4.74 Å². The highest BCUT2D eigenvalue weighted by Gasteiger charge is 2.31. The van der Waals surface area contributed by atoms with Crippen molar-refractivity contribution in [1.29, 1.82) is 0 Å². The maximum atomic E-state index is 12.0. The van der Waals surface area contributed by atoms with E-state index < -0.39 is 0 Å². The summed E-state index contributed by atoms with van der Waals surface area (Å²) >= 11 is 0. The fourth-order valence-corrected chi connectivity index (χ4v) is 3.24. The van der Waals surface area contributed by atoms with E-state index >= 15 is 0 Å². The van der Waals surface area contributed by atoms with Crippen molar-refractivity contribution in [2.24, 2.45) is 0 Å². The van der Waals surface area contributed by atoms with E-state index in [9.17, 15) is 4.79 Å². The number of rotatable bonds is 7. The molecule has 0 bridgehead atoms. The van der Waals surface area contributed by atoms with Gasteiger partial charge in [0.05, 0.1) is 6.61 Å². The van der Waals surface area contributed by atoms with E-state index in [0.29, 0.717) is 24.7 Å². The van der Waals surface area contributed by atoms with Gasteiger partial charge in [-0.25, -0.2) is 0 Å². The summed E-state index contributed by atoms with van der Waals surface area (Å²) in [4.78, 5) is 14.6. The molecular formula is C16H30N2O2. The number of esters is 1. The molecule has 2 fully saturated rings. The van der Waals surface area contributed by atoms with Crippen LogP contribution in [0.4, 0.5) is 0 Å². The number of likely N-dealkylation sites (tertiary alicyclic amines) is 1. The van der Waals surface area contributed by atoms with Crippen LogP contribution in [-0.4, -0.2) is 48.2 Å². The lowest BCUT2D eigenvalue weighted by Gasteiger charge is -2.39. The van der Waals surface area contributed by atoms with Gasteiger partial charge in [0.2, 0.25) is 0 Å². The van der Waals surface area contributed by atoms with Gasteiger partial charge < -0.3 is 10.1 Å². The van der Waals surface area contributed by atoms with Crippen LogP contribution in [-0.2, 0) is 9.53 Å². The molecule has 20 heavy (non-hydrogen) atoms. The molecule has 0 spiro atoms. The fraction of sp³-hybridized carbons (Fsp3) is 0.938. The van der Waals surface area contributed by atoms with Gasteiger partial charge in [0, 0.05) is 24.7 Å². The summed E-state index contributed by atoms with van der Waals surface area (Å²) in [5, 5.41) is 3.44. The van der Waals surface area contributed by atoms with Gasteiger partial charge in [-0.05, 0) is 52.9 Å². The maximum absolute atomic E-state index is 12.0. The Morgan fingerprint density at radius 2 is 1.90 bits per heavy atom. The highest BCUT2D eigenvalue weighted by atomic mass is 16.5. The molecule has 1 heterocycles. The molecule has 1 saturated heterocycles. The summed E-state index contributed by atoms with van der Waals surface area (Å²) in [5.41, 5.74) is 0. The van der Waals surface area contributed by atoms with Crippen LogP contribution in [0.15, 0.2) is 0 Å². The molecule has 116 valence electrons. The second-order valence-corrected chi connectivity index (χ2v) is 6.40. The zero-order valence-electron chi connectivity index (χ0n) is 13.2. The zero-order valence-corrected chi connectivity index (χ0v) is 13.2. The van der Waals surface area contributed by atoms with E-state index in [1.165, 1.54) is 32.1 Å². The Morgan fingerprint density at radius 1 is 1.25 bits per heavy atom. The minimum atomic E-state index is -0.122. The van der Waals surface area contributed by atoms with Gasteiger partial charge in [-0.15, -0.1) is 0 Å². The molecule has 1 saturated carbocycles. The van der Waals surface area contributed by atoms with Crippen LogP contribution in [0.3, 0.4) is 0 Å². The first-order valence-corrected chi connectivity index (χ1v) is 8.30. The molecule has 0 aromatic rings. The van der Waals surface area contributed by atoms with Crippen LogP contribution in [0, 0.1) is 0 Å². The number of nitrogens with zero attached hydrogens (tertiary/aromatic N) is 1. The summed E-state index contributed by atoms with van der Waals surface area (Å²) in [6.45, 7) is 7.96. The minimum absolute atomic E-state index is 0.0725. The van der Waals surface area contributed by atoms with Gasteiger partial charge in [0.1, 0.15) is 6.04 Å². The summed E-state index contributed by atoms with van der Waals surface area (Å²) in [6.07, 6.45) is 7.16. The molecule has 1 unspecified atom stereocenters. The third-order valence-electron chi connectivity index (χ3n) is 4.64. The molecule has 0 aromatic carbocycles. The Morgan fingerprint density at radius 3 is 2.45 bits per heavy atom. The number of carbonyl (C=O) groups is 1. The lowest BCUT2D eigenvalue weighted by atomic mass is 9.97. The summed E-state index contributed by atoms with van der Waals surface area (Å²) in [5.74, 6) is -0.0725. The van der Waals surface area contributed by atoms with Crippen molar-refractivity contribution in [3.8, 4) is 0 Å². The first kappa shape index (κ1) is 15.8. The third-order valence-corrected chi connectivity index (χ3v) is 4.64. The number of carbonyl (C=O) groups excluding carboxylic acids is 1. The normalized spacial score (nSPS) is 29.1. The Labute approximate surface area is 123 Å². The van der Waals surface area contributed by atoms with E-state index in [-0.39, 0.29) is 12.0 Å². The average Bonchev–Trinajstić information content (AvgIpc) is 3.21. The van der Waals surface area contributed by atoms with Crippen molar-refractivity contribution in [2.45, 2.75) is 83.5 Å². The van der Waals surface area contributed by atoms with Crippen molar-refractivity contribution in [1.82, 2.24) is 10.2 Å². The van der Waals surface area contributed by atoms with Crippen molar-refractivity contribution in [3.05, 3.63) is 0 Å². The Bertz CT molecular complexity index is 308. The number of ether oxygens (including phenoxy) is 1. The summed E-state index contributed by atoms with van der Waals surface area (Å²) in [7, 11) is 0. The van der Waals surface area contributed by atoms with Crippen LogP contribution in [0.25, 0.3) is 0 Å². The Balaban J connectivity index is 1.84. The van der Waals surface area contributed by atoms with Crippen molar-refractivity contribution >= 4 is 5.97 Å². The van der Waals surface area contributed by atoms with Crippen molar-refractivity contribution < 1.29 is 9.53 Å². The van der Waals surface area contributed by atoms with E-state index in [1.54, 1.807) is 0 Å². The molecule has 4 nitrogen and oxygen atoms in total. The lowest BCUT2D eigenvalue weighted by molar-refractivity contribution is -0.146. The molecule has 4 heteroatoms. The lowest BCUT2D eigenvalue weighted by Crippen LogP contribution is -2.47. The van der Waals surface area contributed by atoms with Crippen molar-refractivity contribution in [3.63, 3.8) is 0 Å². The van der Waals surface area contributed by atoms with Gasteiger partial charge in [-0.1, -0.05) is 6.42 Å². The zero-order chi connectivity index (χ0) is 14.5. The SMILES string of the molecule is CCOC(=O)C(CCN1[C@H](C)CCC[C@@H]1C)NC1CC1. The molecular weight excluding hydrogens is 252 g/mol. The van der Waals surface area contributed by atoms with Gasteiger partial charge >= 0.3 is 5.97 Å². The highest BCUT2D eigenvalue weighted by Crippen LogP contribution is 2.24. The number of nitrogens with one attached hydrogen (secondary N) is 1. The smallest absolute Gasteiger partial charge is 0.323 e. The summed E-state index contributed by atoms with van der Waals surface area (Å²) in [6, 6.07) is 1.70. The molecule has 3 atom stereocenters. The Hall–Kier alpha value is -0.610. The maximum Gasteiger partial charge on any atom is 0.323 e. The largest absolute Gasteiger partial charge is 0.465 e. The summed E-state index contributed by atoms with van der Waals surface area (Å²) < 4.78 is 5.21. The monoisotopic (exact) mass is 282 g/mol. The van der Waals surface area contributed by atoms with Crippen LogP contribution < -0.4 is 5.32 Å². The molecule has 2 aliphatic rings. The predicted octanol–water partition coefficient (Wildman–Crippen LogP) is 2.32. The van der Waals surface area contributed by atoms with Crippen LogP contribution in [0.5, 0.6) is 0 Å². The van der Waals surface area contributed by atoms with Gasteiger partial charge in [-0.2, -0.15) is 0 Å². The highest BCUT2D eigenvalue weighted by molar-refractivity contribution is 5.75. The fourth-order valence-electron chi connectivity index (χ4n) is 3.24. The molecule has 1 aliphatic heterocycles. The quantitative estimate of drug-likeness (QED) is 0.728. The molecule has 2 rings (SSSR count).